The van der Waals surface area contributed by atoms with Crippen molar-refractivity contribution < 1.29 is 9.59 Å². The van der Waals surface area contributed by atoms with Gasteiger partial charge in [0.15, 0.2) is 5.78 Å². The third-order valence-electron chi connectivity index (χ3n) is 4.55. The standard InChI is InChI=1S/C20H20BrNO2/c21-18-8-6-15(7-9-18)14-19(23)22-12-10-17(11-13-22)20(24)16-4-2-1-3-5-16/h1-9,17H,10-14H2. The number of rotatable bonds is 4. The number of piperidine rings is 1. The van der Waals surface area contributed by atoms with E-state index in [9.17, 15) is 9.59 Å². The lowest BCUT2D eigenvalue weighted by atomic mass is 9.88. The lowest BCUT2D eigenvalue weighted by Crippen LogP contribution is -2.41. The molecule has 0 atom stereocenters. The average molecular weight is 386 g/mol. The number of amides is 1. The summed E-state index contributed by atoms with van der Waals surface area (Å²) < 4.78 is 1.01. The highest BCUT2D eigenvalue weighted by Gasteiger charge is 2.27. The van der Waals surface area contributed by atoms with Crippen molar-refractivity contribution >= 4 is 27.6 Å². The largest absolute Gasteiger partial charge is 0.342 e. The van der Waals surface area contributed by atoms with Crippen molar-refractivity contribution in [2.45, 2.75) is 19.3 Å². The third kappa shape index (κ3) is 4.12. The monoisotopic (exact) mass is 385 g/mol. The number of halogens is 1. The van der Waals surface area contributed by atoms with E-state index in [0.717, 1.165) is 28.4 Å². The Balaban J connectivity index is 1.54. The van der Waals surface area contributed by atoms with E-state index in [0.29, 0.717) is 19.5 Å². The molecule has 0 aromatic heterocycles. The summed E-state index contributed by atoms with van der Waals surface area (Å²) in [4.78, 5) is 26.8. The van der Waals surface area contributed by atoms with Crippen LogP contribution in [0.1, 0.15) is 28.8 Å². The molecule has 1 saturated heterocycles. The summed E-state index contributed by atoms with van der Waals surface area (Å²) in [6, 6.07) is 17.3. The molecule has 0 aliphatic carbocycles. The zero-order chi connectivity index (χ0) is 16.9. The summed E-state index contributed by atoms with van der Waals surface area (Å²) in [6.07, 6.45) is 1.92. The molecule has 0 N–H and O–H groups in total. The number of hydrogen-bond donors (Lipinski definition) is 0. The highest BCUT2D eigenvalue weighted by atomic mass is 79.9. The Labute approximate surface area is 150 Å². The minimum atomic E-state index is 0.0316. The van der Waals surface area contributed by atoms with Gasteiger partial charge in [0.1, 0.15) is 0 Å². The van der Waals surface area contributed by atoms with E-state index in [1.807, 2.05) is 59.5 Å². The molecule has 2 aromatic carbocycles. The van der Waals surface area contributed by atoms with Crippen molar-refractivity contribution in [3.63, 3.8) is 0 Å². The van der Waals surface area contributed by atoms with Gasteiger partial charge in [-0.05, 0) is 30.5 Å². The van der Waals surface area contributed by atoms with E-state index in [1.54, 1.807) is 0 Å². The van der Waals surface area contributed by atoms with Crippen LogP contribution < -0.4 is 0 Å². The summed E-state index contributed by atoms with van der Waals surface area (Å²) in [5.41, 5.74) is 1.79. The normalized spacial score (nSPS) is 15.3. The Morgan fingerprint density at radius 2 is 1.58 bits per heavy atom. The van der Waals surface area contributed by atoms with E-state index in [4.69, 9.17) is 0 Å². The van der Waals surface area contributed by atoms with E-state index in [1.165, 1.54) is 0 Å². The number of carbonyl (C=O) groups excluding carboxylic acids is 2. The summed E-state index contributed by atoms with van der Waals surface area (Å²) in [5, 5.41) is 0. The average Bonchev–Trinajstić information content (AvgIpc) is 2.64. The quantitative estimate of drug-likeness (QED) is 0.742. The Morgan fingerprint density at radius 3 is 2.21 bits per heavy atom. The second kappa shape index (κ2) is 7.75. The molecule has 0 spiro atoms. The van der Waals surface area contributed by atoms with E-state index >= 15 is 0 Å². The fourth-order valence-corrected chi connectivity index (χ4v) is 3.38. The van der Waals surface area contributed by atoms with Gasteiger partial charge >= 0.3 is 0 Å². The molecule has 1 heterocycles. The number of Topliss-reactive ketones (excluding diaryl/α,β-unsaturated/α-hetero) is 1. The third-order valence-corrected chi connectivity index (χ3v) is 5.07. The van der Waals surface area contributed by atoms with Crippen LogP contribution in [0.25, 0.3) is 0 Å². The summed E-state index contributed by atoms with van der Waals surface area (Å²) in [7, 11) is 0. The second-order valence-corrected chi connectivity index (χ2v) is 7.10. The van der Waals surface area contributed by atoms with Crippen LogP contribution in [0.4, 0.5) is 0 Å². The van der Waals surface area contributed by atoms with Gasteiger partial charge in [-0.1, -0.05) is 58.4 Å². The first-order valence-corrected chi connectivity index (χ1v) is 9.04. The molecule has 4 heteroatoms. The van der Waals surface area contributed by atoms with Crippen LogP contribution in [0, 0.1) is 5.92 Å². The Morgan fingerprint density at radius 1 is 0.958 bits per heavy atom. The van der Waals surface area contributed by atoms with Crippen molar-refractivity contribution in [1.29, 1.82) is 0 Å². The molecule has 0 saturated carbocycles. The maximum atomic E-state index is 12.5. The van der Waals surface area contributed by atoms with Crippen LogP contribution in [-0.2, 0) is 11.2 Å². The molecule has 3 rings (SSSR count). The van der Waals surface area contributed by atoms with E-state index < -0.39 is 0 Å². The topological polar surface area (TPSA) is 37.4 Å². The van der Waals surface area contributed by atoms with Crippen LogP contribution in [0.2, 0.25) is 0 Å². The first kappa shape index (κ1) is 16.9. The number of ketones is 1. The molecular weight excluding hydrogens is 366 g/mol. The molecule has 1 aliphatic heterocycles. The van der Waals surface area contributed by atoms with Crippen LogP contribution in [0.15, 0.2) is 59.1 Å². The van der Waals surface area contributed by atoms with Gasteiger partial charge in [0, 0.05) is 29.0 Å². The fraction of sp³-hybridized carbons (Fsp3) is 0.300. The smallest absolute Gasteiger partial charge is 0.226 e. The number of benzene rings is 2. The lowest BCUT2D eigenvalue weighted by molar-refractivity contribution is -0.131. The molecule has 1 fully saturated rings. The molecule has 2 aromatic rings. The predicted molar refractivity (Wildman–Crippen MR) is 97.9 cm³/mol. The van der Waals surface area contributed by atoms with Crippen LogP contribution >= 0.6 is 15.9 Å². The van der Waals surface area contributed by atoms with Gasteiger partial charge in [-0.2, -0.15) is 0 Å². The number of nitrogens with zero attached hydrogens (tertiary/aromatic N) is 1. The van der Waals surface area contributed by atoms with Crippen molar-refractivity contribution in [3.05, 3.63) is 70.2 Å². The van der Waals surface area contributed by atoms with Crippen LogP contribution in [0.3, 0.4) is 0 Å². The molecular formula is C20H20BrNO2. The van der Waals surface area contributed by atoms with Crippen molar-refractivity contribution in [1.82, 2.24) is 4.90 Å². The molecule has 0 unspecified atom stereocenters. The van der Waals surface area contributed by atoms with Gasteiger partial charge in [0.05, 0.1) is 6.42 Å². The van der Waals surface area contributed by atoms with Gasteiger partial charge < -0.3 is 4.90 Å². The van der Waals surface area contributed by atoms with E-state index in [2.05, 4.69) is 15.9 Å². The van der Waals surface area contributed by atoms with Crippen molar-refractivity contribution in [3.8, 4) is 0 Å². The van der Waals surface area contributed by atoms with E-state index in [-0.39, 0.29) is 17.6 Å². The molecule has 124 valence electrons. The summed E-state index contributed by atoms with van der Waals surface area (Å²) >= 11 is 3.40. The predicted octanol–water partition coefficient (Wildman–Crippen LogP) is 4.11. The molecule has 1 amide bonds. The highest BCUT2D eigenvalue weighted by Crippen LogP contribution is 2.22. The van der Waals surface area contributed by atoms with Gasteiger partial charge in [-0.25, -0.2) is 0 Å². The Hall–Kier alpha value is -1.94. The van der Waals surface area contributed by atoms with Gasteiger partial charge in [-0.3, -0.25) is 9.59 Å². The second-order valence-electron chi connectivity index (χ2n) is 6.19. The minimum Gasteiger partial charge on any atom is -0.342 e. The van der Waals surface area contributed by atoms with Gasteiger partial charge in [0.25, 0.3) is 0 Å². The molecule has 24 heavy (non-hydrogen) atoms. The fourth-order valence-electron chi connectivity index (χ4n) is 3.12. The molecule has 1 aliphatic rings. The van der Waals surface area contributed by atoms with Gasteiger partial charge in [-0.15, -0.1) is 0 Å². The van der Waals surface area contributed by atoms with Crippen molar-refractivity contribution in [2.75, 3.05) is 13.1 Å². The molecule has 3 nitrogen and oxygen atoms in total. The first-order valence-electron chi connectivity index (χ1n) is 8.25. The summed E-state index contributed by atoms with van der Waals surface area (Å²) in [6.45, 7) is 1.33. The van der Waals surface area contributed by atoms with Gasteiger partial charge in [0.2, 0.25) is 5.91 Å². The highest BCUT2D eigenvalue weighted by molar-refractivity contribution is 9.10. The summed E-state index contributed by atoms with van der Waals surface area (Å²) in [5.74, 6) is 0.377. The maximum Gasteiger partial charge on any atom is 0.226 e. The number of likely N-dealkylation sites (tertiary alicyclic amines) is 1. The molecule has 0 radical (unpaired) electrons. The number of carbonyl (C=O) groups is 2. The SMILES string of the molecule is O=C(c1ccccc1)C1CCN(C(=O)Cc2ccc(Br)cc2)CC1. The first-order chi connectivity index (χ1) is 11.6. The zero-order valence-corrected chi connectivity index (χ0v) is 15.0. The van der Waals surface area contributed by atoms with Crippen LogP contribution in [-0.4, -0.2) is 29.7 Å². The Kier molecular flexibility index (Phi) is 5.46. The van der Waals surface area contributed by atoms with Crippen molar-refractivity contribution in [2.24, 2.45) is 5.92 Å². The number of hydrogen-bond acceptors (Lipinski definition) is 2. The minimum absolute atomic E-state index is 0.0316. The van der Waals surface area contributed by atoms with Crippen LogP contribution in [0.5, 0.6) is 0 Å². The Bertz CT molecular complexity index is 704. The lowest BCUT2D eigenvalue weighted by Gasteiger charge is -2.31. The maximum absolute atomic E-state index is 12.5. The molecule has 0 bridgehead atoms. The zero-order valence-electron chi connectivity index (χ0n) is 13.5.